The van der Waals surface area contributed by atoms with E-state index in [9.17, 15) is 9.18 Å². The Morgan fingerprint density at radius 3 is 2.46 bits per heavy atom. The van der Waals surface area contributed by atoms with Gasteiger partial charge in [-0.1, -0.05) is 42.5 Å². The number of carbonyl (C=O) groups excluding carboxylic acids is 1. The number of nitrogens with one attached hydrogen (secondary N) is 1. The van der Waals surface area contributed by atoms with Crippen LogP contribution in [0.4, 0.5) is 10.1 Å². The average molecular weight is 375 g/mol. The number of benzene rings is 3. The summed E-state index contributed by atoms with van der Waals surface area (Å²) >= 11 is 0. The number of hydrogen-bond acceptors (Lipinski definition) is 3. The number of amides is 1. The number of carbonyl (C=O) groups is 1. The van der Waals surface area contributed by atoms with Crippen LogP contribution in [-0.4, -0.2) is 12.7 Å². The summed E-state index contributed by atoms with van der Waals surface area (Å²) in [5.74, 6) is 0.681. The Kier molecular flexibility index (Phi) is 3.83. The zero-order valence-corrected chi connectivity index (χ0v) is 15.1. The molecule has 1 aliphatic heterocycles. The van der Waals surface area contributed by atoms with Gasteiger partial charge in [0.05, 0.1) is 11.1 Å². The van der Waals surface area contributed by atoms with Crippen LogP contribution >= 0.6 is 0 Å². The summed E-state index contributed by atoms with van der Waals surface area (Å²) in [5, 5.41) is 2.80. The smallest absolute Gasteiger partial charge is 0.235 e. The predicted molar refractivity (Wildman–Crippen MR) is 104 cm³/mol. The lowest BCUT2D eigenvalue weighted by Crippen LogP contribution is -2.28. The minimum atomic E-state index is -0.643. The highest BCUT2D eigenvalue weighted by Crippen LogP contribution is 2.51. The number of ether oxygens (including phenoxy) is 2. The molecule has 3 aromatic carbocycles. The van der Waals surface area contributed by atoms with E-state index < -0.39 is 11.2 Å². The molecule has 2 aliphatic rings. The molecule has 28 heavy (non-hydrogen) atoms. The van der Waals surface area contributed by atoms with E-state index in [4.69, 9.17) is 9.47 Å². The van der Waals surface area contributed by atoms with Gasteiger partial charge in [0, 0.05) is 0 Å². The molecule has 0 aromatic heterocycles. The molecule has 0 radical (unpaired) electrons. The lowest BCUT2D eigenvalue weighted by molar-refractivity contribution is -0.118. The fraction of sp³-hybridized carbons (Fsp3) is 0.174. The molecule has 0 spiro atoms. The molecule has 1 saturated carbocycles. The Morgan fingerprint density at radius 1 is 0.893 bits per heavy atom. The summed E-state index contributed by atoms with van der Waals surface area (Å²) in [4.78, 5) is 13.0. The van der Waals surface area contributed by atoms with Gasteiger partial charge < -0.3 is 14.8 Å². The Bertz CT molecular complexity index is 1060. The van der Waals surface area contributed by atoms with Crippen molar-refractivity contribution in [2.24, 2.45) is 0 Å². The standard InChI is InChI=1S/C23H18FNO3/c24-18-8-6-16(15-4-2-1-3-5-15)12-19(18)25-22(26)23(10-11-23)17-7-9-20-21(13-17)28-14-27-20/h1-9,12-13H,10-11,14H2,(H,25,26). The average Bonchev–Trinajstić information content (AvgIpc) is 3.41. The molecule has 5 rings (SSSR count). The molecule has 5 heteroatoms. The number of hydrogen-bond donors (Lipinski definition) is 1. The molecule has 1 heterocycles. The zero-order valence-electron chi connectivity index (χ0n) is 15.1. The van der Waals surface area contributed by atoms with Gasteiger partial charge in [0.1, 0.15) is 5.82 Å². The van der Waals surface area contributed by atoms with Crippen LogP contribution in [0.1, 0.15) is 18.4 Å². The topological polar surface area (TPSA) is 47.6 Å². The van der Waals surface area contributed by atoms with E-state index in [2.05, 4.69) is 5.32 Å². The maximum Gasteiger partial charge on any atom is 0.235 e. The van der Waals surface area contributed by atoms with E-state index >= 15 is 0 Å². The van der Waals surface area contributed by atoms with Crippen molar-refractivity contribution in [2.75, 3.05) is 12.1 Å². The molecule has 3 aromatic rings. The maximum atomic E-state index is 14.4. The van der Waals surface area contributed by atoms with Gasteiger partial charge in [0.2, 0.25) is 12.7 Å². The molecule has 4 nitrogen and oxygen atoms in total. The first-order chi connectivity index (χ1) is 13.7. The summed E-state index contributed by atoms with van der Waals surface area (Å²) in [5.41, 5.74) is 2.24. The van der Waals surface area contributed by atoms with Gasteiger partial charge >= 0.3 is 0 Å². The lowest BCUT2D eigenvalue weighted by atomic mass is 9.94. The minimum absolute atomic E-state index is 0.190. The first-order valence-corrected chi connectivity index (χ1v) is 9.22. The van der Waals surface area contributed by atoms with Gasteiger partial charge in [-0.2, -0.15) is 0 Å². The van der Waals surface area contributed by atoms with E-state index in [0.717, 1.165) is 29.5 Å². The zero-order chi connectivity index (χ0) is 19.1. The third-order valence-corrected chi connectivity index (χ3v) is 5.43. The van der Waals surface area contributed by atoms with Gasteiger partial charge in [-0.15, -0.1) is 0 Å². The summed E-state index contributed by atoms with van der Waals surface area (Å²) in [6, 6.07) is 20.0. The molecule has 0 atom stereocenters. The summed E-state index contributed by atoms with van der Waals surface area (Å²) in [6.07, 6.45) is 1.44. The largest absolute Gasteiger partial charge is 0.454 e. The van der Waals surface area contributed by atoms with Crippen LogP contribution in [0.3, 0.4) is 0 Å². The predicted octanol–water partition coefficient (Wildman–Crippen LogP) is 4.89. The highest BCUT2D eigenvalue weighted by Gasteiger charge is 2.51. The van der Waals surface area contributed by atoms with Crippen molar-refractivity contribution >= 4 is 11.6 Å². The van der Waals surface area contributed by atoms with Gasteiger partial charge in [0.15, 0.2) is 11.5 Å². The monoisotopic (exact) mass is 375 g/mol. The second-order valence-electron chi connectivity index (χ2n) is 7.16. The van der Waals surface area contributed by atoms with Gasteiger partial charge in [-0.3, -0.25) is 4.79 Å². The van der Waals surface area contributed by atoms with Gasteiger partial charge in [-0.05, 0) is 53.8 Å². The van der Waals surface area contributed by atoms with Crippen LogP contribution in [0, 0.1) is 5.82 Å². The first kappa shape index (κ1) is 16.8. The normalized spacial score (nSPS) is 15.9. The molecule has 1 amide bonds. The molecule has 0 unspecified atom stereocenters. The Hall–Kier alpha value is -3.34. The van der Waals surface area contributed by atoms with Crippen molar-refractivity contribution in [2.45, 2.75) is 18.3 Å². The summed E-state index contributed by atoms with van der Waals surface area (Å²) in [7, 11) is 0. The van der Waals surface area contributed by atoms with Crippen molar-refractivity contribution in [1.29, 1.82) is 0 Å². The van der Waals surface area contributed by atoms with E-state index in [1.807, 2.05) is 48.5 Å². The molecule has 1 N–H and O–H groups in total. The van der Waals surface area contributed by atoms with Crippen molar-refractivity contribution < 1.29 is 18.7 Å². The van der Waals surface area contributed by atoms with Crippen LogP contribution in [-0.2, 0) is 10.2 Å². The second kappa shape index (κ2) is 6.37. The Balaban J connectivity index is 1.43. The van der Waals surface area contributed by atoms with E-state index in [1.54, 1.807) is 12.1 Å². The highest BCUT2D eigenvalue weighted by molar-refractivity contribution is 6.02. The van der Waals surface area contributed by atoms with Crippen LogP contribution < -0.4 is 14.8 Å². The summed E-state index contributed by atoms with van der Waals surface area (Å²) in [6.45, 7) is 0.190. The maximum absolute atomic E-state index is 14.4. The molecule has 140 valence electrons. The van der Waals surface area contributed by atoms with Crippen LogP contribution in [0.25, 0.3) is 11.1 Å². The molecule has 0 saturated heterocycles. The molecule has 1 fully saturated rings. The summed E-state index contributed by atoms with van der Waals surface area (Å²) < 4.78 is 25.2. The highest BCUT2D eigenvalue weighted by atomic mass is 19.1. The Morgan fingerprint density at radius 2 is 1.68 bits per heavy atom. The SMILES string of the molecule is O=C(Nc1cc(-c2ccccc2)ccc1F)C1(c2ccc3c(c2)OCO3)CC1. The number of halogens is 1. The quantitative estimate of drug-likeness (QED) is 0.706. The van der Waals surface area contributed by atoms with Crippen molar-refractivity contribution in [3.8, 4) is 22.6 Å². The third-order valence-electron chi connectivity index (χ3n) is 5.43. The van der Waals surface area contributed by atoms with Gasteiger partial charge in [-0.25, -0.2) is 4.39 Å². The Labute approximate surface area is 161 Å². The minimum Gasteiger partial charge on any atom is -0.454 e. The molecular weight excluding hydrogens is 357 g/mol. The van der Waals surface area contributed by atoms with Crippen LogP contribution in [0.5, 0.6) is 11.5 Å². The fourth-order valence-corrected chi connectivity index (χ4v) is 3.64. The molecule has 0 bridgehead atoms. The second-order valence-corrected chi connectivity index (χ2v) is 7.16. The fourth-order valence-electron chi connectivity index (χ4n) is 3.64. The van der Waals surface area contributed by atoms with Crippen molar-refractivity contribution in [1.82, 2.24) is 0 Å². The van der Waals surface area contributed by atoms with Gasteiger partial charge in [0.25, 0.3) is 0 Å². The first-order valence-electron chi connectivity index (χ1n) is 9.22. The van der Waals surface area contributed by atoms with E-state index in [1.165, 1.54) is 6.07 Å². The van der Waals surface area contributed by atoms with Crippen LogP contribution in [0.2, 0.25) is 0 Å². The van der Waals surface area contributed by atoms with Crippen molar-refractivity contribution in [3.05, 3.63) is 78.1 Å². The third kappa shape index (κ3) is 2.80. The van der Waals surface area contributed by atoms with E-state index in [-0.39, 0.29) is 18.4 Å². The van der Waals surface area contributed by atoms with Crippen LogP contribution in [0.15, 0.2) is 66.7 Å². The van der Waals surface area contributed by atoms with Crippen molar-refractivity contribution in [3.63, 3.8) is 0 Å². The molecular formula is C23H18FNO3. The number of anilines is 1. The molecule has 1 aliphatic carbocycles. The van der Waals surface area contributed by atoms with E-state index in [0.29, 0.717) is 11.5 Å². The lowest BCUT2D eigenvalue weighted by Gasteiger charge is -2.17. The number of fused-ring (bicyclic) bond motifs is 1. The number of rotatable bonds is 4.